The summed E-state index contributed by atoms with van der Waals surface area (Å²) in [4.78, 5) is 4.34. The van der Waals surface area contributed by atoms with Crippen LogP contribution in [0, 0.1) is 5.92 Å². The Hall–Kier alpha value is -0.870. The summed E-state index contributed by atoms with van der Waals surface area (Å²) in [5, 5.41) is 3.29. The number of hydrogen-bond acceptors (Lipinski definition) is 4. The molecular formula is C14H24N2O2. The highest BCUT2D eigenvalue weighted by Gasteiger charge is 2.17. The topological polar surface area (TPSA) is 47.3 Å². The molecule has 1 heterocycles. The summed E-state index contributed by atoms with van der Waals surface area (Å²) >= 11 is 0. The molecule has 0 amide bonds. The van der Waals surface area contributed by atoms with Crippen LogP contribution in [0.2, 0.25) is 0 Å². The van der Waals surface area contributed by atoms with Gasteiger partial charge >= 0.3 is 0 Å². The van der Waals surface area contributed by atoms with Crippen LogP contribution in [-0.2, 0) is 17.6 Å². The Kier molecular flexibility index (Phi) is 5.68. The van der Waals surface area contributed by atoms with Crippen molar-refractivity contribution in [2.24, 2.45) is 5.92 Å². The van der Waals surface area contributed by atoms with Crippen LogP contribution in [-0.4, -0.2) is 31.8 Å². The maximum absolute atomic E-state index is 5.77. The predicted molar refractivity (Wildman–Crippen MR) is 70.6 cm³/mol. The van der Waals surface area contributed by atoms with Crippen molar-refractivity contribution in [2.75, 3.05) is 26.8 Å². The van der Waals surface area contributed by atoms with Gasteiger partial charge in [-0.25, -0.2) is 4.98 Å². The SMILES string of the molecule is COCCNCCc1ncc(CC2CCCC2)o1. The van der Waals surface area contributed by atoms with E-state index in [0.717, 1.165) is 50.1 Å². The standard InChI is InChI=1S/C14H24N2O2/c1-17-9-8-15-7-6-14-16-11-13(18-14)10-12-4-2-3-5-12/h11-12,15H,2-10H2,1H3. The van der Waals surface area contributed by atoms with E-state index >= 15 is 0 Å². The molecule has 4 nitrogen and oxygen atoms in total. The zero-order valence-electron chi connectivity index (χ0n) is 11.3. The molecule has 102 valence electrons. The van der Waals surface area contributed by atoms with Crippen LogP contribution in [0.1, 0.15) is 37.3 Å². The molecule has 0 atom stereocenters. The smallest absolute Gasteiger partial charge is 0.195 e. The van der Waals surface area contributed by atoms with E-state index in [2.05, 4.69) is 10.3 Å². The highest BCUT2D eigenvalue weighted by molar-refractivity contribution is 4.96. The van der Waals surface area contributed by atoms with Gasteiger partial charge in [-0.15, -0.1) is 0 Å². The van der Waals surface area contributed by atoms with Gasteiger partial charge in [-0.05, 0) is 5.92 Å². The molecule has 0 unspecified atom stereocenters. The number of aromatic nitrogens is 1. The normalized spacial score (nSPS) is 16.5. The third-order valence-corrected chi connectivity index (χ3v) is 3.56. The molecule has 1 fully saturated rings. The lowest BCUT2D eigenvalue weighted by molar-refractivity contribution is 0.199. The number of nitrogens with zero attached hydrogens (tertiary/aromatic N) is 1. The summed E-state index contributed by atoms with van der Waals surface area (Å²) < 4.78 is 10.7. The summed E-state index contributed by atoms with van der Waals surface area (Å²) in [6, 6.07) is 0. The van der Waals surface area contributed by atoms with Gasteiger partial charge < -0.3 is 14.5 Å². The first-order valence-corrected chi connectivity index (χ1v) is 7.01. The van der Waals surface area contributed by atoms with Gasteiger partial charge in [0, 0.05) is 33.0 Å². The van der Waals surface area contributed by atoms with Crippen LogP contribution >= 0.6 is 0 Å². The fourth-order valence-electron chi connectivity index (χ4n) is 2.55. The average molecular weight is 252 g/mol. The molecule has 0 aromatic carbocycles. The van der Waals surface area contributed by atoms with Gasteiger partial charge in [0.2, 0.25) is 0 Å². The van der Waals surface area contributed by atoms with E-state index in [1.807, 2.05) is 6.20 Å². The average Bonchev–Trinajstić information content (AvgIpc) is 3.02. The Morgan fingerprint density at radius 3 is 3.00 bits per heavy atom. The first-order chi connectivity index (χ1) is 8.88. The molecule has 0 radical (unpaired) electrons. The van der Waals surface area contributed by atoms with Crippen molar-refractivity contribution in [1.29, 1.82) is 0 Å². The first-order valence-electron chi connectivity index (χ1n) is 7.01. The zero-order valence-corrected chi connectivity index (χ0v) is 11.3. The van der Waals surface area contributed by atoms with Crippen molar-refractivity contribution >= 4 is 0 Å². The van der Waals surface area contributed by atoms with E-state index in [0.29, 0.717) is 0 Å². The second kappa shape index (κ2) is 7.54. The third kappa shape index (κ3) is 4.42. The van der Waals surface area contributed by atoms with E-state index in [4.69, 9.17) is 9.15 Å². The molecule has 0 bridgehead atoms. The molecule has 1 aromatic rings. The lowest BCUT2D eigenvalue weighted by atomic mass is 10.0. The predicted octanol–water partition coefficient (Wildman–Crippen LogP) is 2.19. The summed E-state index contributed by atoms with van der Waals surface area (Å²) in [7, 11) is 1.71. The molecule has 2 rings (SSSR count). The van der Waals surface area contributed by atoms with Crippen molar-refractivity contribution < 1.29 is 9.15 Å². The highest BCUT2D eigenvalue weighted by atomic mass is 16.5. The molecule has 1 N–H and O–H groups in total. The van der Waals surface area contributed by atoms with Gasteiger partial charge in [0.1, 0.15) is 5.76 Å². The van der Waals surface area contributed by atoms with E-state index < -0.39 is 0 Å². The summed E-state index contributed by atoms with van der Waals surface area (Å²) in [5.74, 6) is 2.74. The Bertz CT molecular complexity index is 332. The molecule has 18 heavy (non-hydrogen) atoms. The highest BCUT2D eigenvalue weighted by Crippen LogP contribution is 2.28. The number of methoxy groups -OCH3 is 1. The molecule has 4 heteroatoms. The fraction of sp³-hybridized carbons (Fsp3) is 0.786. The van der Waals surface area contributed by atoms with Crippen molar-refractivity contribution in [3.63, 3.8) is 0 Å². The number of rotatable bonds is 8. The van der Waals surface area contributed by atoms with Gasteiger partial charge in [-0.3, -0.25) is 0 Å². The van der Waals surface area contributed by atoms with Crippen LogP contribution in [0.3, 0.4) is 0 Å². The summed E-state index contributed by atoms with van der Waals surface area (Å²) in [6.07, 6.45) is 9.31. The maximum atomic E-state index is 5.77. The van der Waals surface area contributed by atoms with Crippen molar-refractivity contribution in [3.05, 3.63) is 17.8 Å². The molecule has 1 aliphatic rings. The molecule has 1 saturated carbocycles. The minimum Gasteiger partial charge on any atom is -0.446 e. The quantitative estimate of drug-likeness (QED) is 0.720. The molecule has 1 aromatic heterocycles. The number of oxazole rings is 1. The van der Waals surface area contributed by atoms with Crippen molar-refractivity contribution in [2.45, 2.75) is 38.5 Å². The van der Waals surface area contributed by atoms with Gasteiger partial charge in [0.05, 0.1) is 12.8 Å². The van der Waals surface area contributed by atoms with Crippen LogP contribution in [0.4, 0.5) is 0 Å². The number of ether oxygens (including phenoxy) is 1. The zero-order chi connectivity index (χ0) is 12.6. The van der Waals surface area contributed by atoms with Crippen LogP contribution < -0.4 is 5.32 Å². The fourth-order valence-corrected chi connectivity index (χ4v) is 2.55. The monoisotopic (exact) mass is 252 g/mol. The Morgan fingerprint density at radius 1 is 1.39 bits per heavy atom. The second-order valence-corrected chi connectivity index (χ2v) is 5.07. The van der Waals surface area contributed by atoms with Crippen molar-refractivity contribution in [3.8, 4) is 0 Å². The molecule has 0 spiro atoms. The molecule has 0 aliphatic heterocycles. The summed E-state index contributed by atoms with van der Waals surface area (Å²) in [5.41, 5.74) is 0. The number of hydrogen-bond donors (Lipinski definition) is 1. The van der Waals surface area contributed by atoms with E-state index in [1.54, 1.807) is 7.11 Å². The summed E-state index contributed by atoms with van der Waals surface area (Å²) in [6.45, 7) is 2.53. The van der Waals surface area contributed by atoms with Gasteiger partial charge in [-0.2, -0.15) is 0 Å². The van der Waals surface area contributed by atoms with Gasteiger partial charge in [-0.1, -0.05) is 25.7 Å². The van der Waals surface area contributed by atoms with Gasteiger partial charge in [0.15, 0.2) is 5.89 Å². The Balaban J connectivity index is 1.65. The third-order valence-electron chi connectivity index (χ3n) is 3.56. The van der Waals surface area contributed by atoms with Crippen LogP contribution in [0.15, 0.2) is 10.6 Å². The second-order valence-electron chi connectivity index (χ2n) is 5.07. The first kappa shape index (κ1) is 13.6. The molecule has 1 aliphatic carbocycles. The lowest BCUT2D eigenvalue weighted by Crippen LogP contribution is -2.21. The Labute approximate surface area is 109 Å². The van der Waals surface area contributed by atoms with Gasteiger partial charge in [0.25, 0.3) is 0 Å². The van der Waals surface area contributed by atoms with Crippen LogP contribution in [0.5, 0.6) is 0 Å². The van der Waals surface area contributed by atoms with E-state index in [1.165, 1.54) is 25.7 Å². The Morgan fingerprint density at radius 2 is 2.22 bits per heavy atom. The van der Waals surface area contributed by atoms with Crippen molar-refractivity contribution in [1.82, 2.24) is 10.3 Å². The maximum Gasteiger partial charge on any atom is 0.195 e. The minimum absolute atomic E-state index is 0.749. The largest absolute Gasteiger partial charge is 0.446 e. The lowest BCUT2D eigenvalue weighted by Gasteiger charge is -2.04. The van der Waals surface area contributed by atoms with Crippen LogP contribution in [0.25, 0.3) is 0 Å². The molecule has 0 saturated heterocycles. The van der Waals surface area contributed by atoms with E-state index in [9.17, 15) is 0 Å². The molecular weight excluding hydrogens is 228 g/mol. The van der Waals surface area contributed by atoms with E-state index in [-0.39, 0.29) is 0 Å². The minimum atomic E-state index is 0.749. The number of nitrogens with one attached hydrogen (secondary N) is 1.